The van der Waals surface area contributed by atoms with Crippen LogP contribution in [0.25, 0.3) is 0 Å². The van der Waals surface area contributed by atoms with Crippen LogP contribution in [0.2, 0.25) is 10.0 Å². The van der Waals surface area contributed by atoms with Gasteiger partial charge in [-0.2, -0.15) is 0 Å². The number of amides is 2. The zero-order valence-electron chi connectivity index (χ0n) is 7.91. The molecule has 0 saturated carbocycles. The molecule has 0 aliphatic carbocycles. The van der Waals surface area contributed by atoms with E-state index in [9.17, 15) is 9.59 Å². The second-order valence-electron chi connectivity index (χ2n) is 2.86. The van der Waals surface area contributed by atoms with Crippen LogP contribution >= 0.6 is 34.8 Å². The molecule has 1 aromatic carbocycles. The van der Waals surface area contributed by atoms with E-state index in [1.54, 1.807) is 0 Å². The topological polar surface area (TPSA) is 63.4 Å². The maximum atomic E-state index is 11.7. The van der Waals surface area contributed by atoms with Gasteiger partial charge in [-0.15, -0.1) is 11.6 Å². The number of benzene rings is 1. The molecule has 86 valence electrons. The van der Waals surface area contributed by atoms with E-state index in [-0.39, 0.29) is 21.5 Å². The van der Waals surface area contributed by atoms with Crippen LogP contribution in [0, 0.1) is 0 Å². The normalized spacial score (nSPS) is 10.0. The SMILES string of the molecule is NN(C(=O)CCl)C(=O)c1cc(Cl)cc(Cl)c1. The minimum absolute atomic E-state index is 0.124. The van der Waals surface area contributed by atoms with Gasteiger partial charge in [-0.05, 0) is 18.2 Å². The number of hydrogen-bond acceptors (Lipinski definition) is 3. The summed E-state index contributed by atoms with van der Waals surface area (Å²) in [6, 6.07) is 4.18. The fourth-order valence-electron chi connectivity index (χ4n) is 0.994. The molecule has 0 atom stereocenters. The van der Waals surface area contributed by atoms with E-state index in [0.717, 1.165) is 0 Å². The van der Waals surface area contributed by atoms with Gasteiger partial charge >= 0.3 is 0 Å². The molecule has 0 heterocycles. The van der Waals surface area contributed by atoms with Gasteiger partial charge in [-0.25, -0.2) is 10.9 Å². The van der Waals surface area contributed by atoms with Crippen LogP contribution in [0.4, 0.5) is 0 Å². The van der Waals surface area contributed by atoms with Crippen LogP contribution in [0.15, 0.2) is 18.2 Å². The highest BCUT2D eigenvalue weighted by Gasteiger charge is 2.19. The Labute approximate surface area is 107 Å². The third kappa shape index (κ3) is 3.09. The summed E-state index contributed by atoms with van der Waals surface area (Å²) in [7, 11) is 0. The van der Waals surface area contributed by atoms with E-state index in [1.165, 1.54) is 18.2 Å². The van der Waals surface area contributed by atoms with Crippen molar-refractivity contribution in [3.63, 3.8) is 0 Å². The Morgan fingerprint density at radius 2 is 1.69 bits per heavy atom. The quantitative estimate of drug-likeness (QED) is 0.391. The maximum Gasteiger partial charge on any atom is 0.274 e. The van der Waals surface area contributed by atoms with Crippen LogP contribution in [-0.4, -0.2) is 22.7 Å². The Bertz CT molecular complexity index is 417. The van der Waals surface area contributed by atoms with Crippen LogP contribution in [0.3, 0.4) is 0 Å². The predicted octanol–water partition coefficient (Wildman–Crippen LogP) is 2.07. The lowest BCUT2D eigenvalue weighted by Crippen LogP contribution is -2.43. The highest BCUT2D eigenvalue weighted by Crippen LogP contribution is 2.19. The molecule has 0 unspecified atom stereocenters. The molecular formula is C9H7Cl3N2O2. The third-order valence-electron chi connectivity index (χ3n) is 1.71. The molecule has 0 bridgehead atoms. The number of hydrazine groups is 1. The zero-order valence-corrected chi connectivity index (χ0v) is 10.2. The van der Waals surface area contributed by atoms with Crippen molar-refractivity contribution in [2.45, 2.75) is 0 Å². The minimum Gasteiger partial charge on any atom is -0.272 e. The van der Waals surface area contributed by atoms with Crippen molar-refractivity contribution in [2.75, 3.05) is 5.88 Å². The molecule has 2 N–H and O–H groups in total. The lowest BCUT2D eigenvalue weighted by Gasteiger charge is -2.13. The van der Waals surface area contributed by atoms with Crippen molar-refractivity contribution in [1.29, 1.82) is 0 Å². The average Bonchev–Trinajstić information content (AvgIpc) is 2.24. The first-order valence-corrected chi connectivity index (χ1v) is 5.38. The van der Waals surface area contributed by atoms with Gasteiger partial charge in [-0.3, -0.25) is 9.59 Å². The van der Waals surface area contributed by atoms with Gasteiger partial charge in [0.15, 0.2) is 0 Å². The Balaban J connectivity index is 3.00. The molecule has 2 amide bonds. The second-order valence-corrected chi connectivity index (χ2v) is 4.00. The van der Waals surface area contributed by atoms with Crippen LogP contribution < -0.4 is 5.84 Å². The van der Waals surface area contributed by atoms with E-state index < -0.39 is 11.8 Å². The molecule has 0 radical (unpaired) electrons. The summed E-state index contributed by atoms with van der Waals surface area (Å²) in [6.07, 6.45) is 0. The first kappa shape index (κ1) is 13.3. The number of carbonyl (C=O) groups excluding carboxylic acids is 2. The van der Waals surface area contributed by atoms with Gasteiger partial charge in [0.25, 0.3) is 11.8 Å². The molecule has 0 aromatic heterocycles. The second kappa shape index (κ2) is 5.50. The highest BCUT2D eigenvalue weighted by molar-refractivity contribution is 6.35. The fourth-order valence-corrected chi connectivity index (χ4v) is 1.65. The standard InChI is InChI=1S/C9H7Cl3N2O2/c10-4-8(15)14(13)9(16)5-1-6(11)3-7(12)2-5/h1-3H,4,13H2. The van der Waals surface area contributed by atoms with Gasteiger partial charge in [0.1, 0.15) is 5.88 Å². The van der Waals surface area contributed by atoms with E-state index in [2.05, 4.69) is 0 Å². The summed E-state index contributed by atoms with van der Waals surface area (Å²) in [4.78, 5) is 22.7. The molecular weight excluding hydrogens is 274 g/mol. The number of halogens is 3. The first-order chi connectivity index (χ1) is 7.45. The van der Waals surface area contributed by atoms with Crippen molar-refractivity contribution in [3.05, 3.63) is 33.8 Å². The van der Waals surface area contributed by atoms with Crippen LogP contribution in [0.1, 0.15) is 10.4 Å². The van der Waals surface area contributed by atoms with Crippen LogP contribution in [-0.2, 0) is 4.79 Å². The van der Waals surface area contributed by atoms with Gasteiger partial charge in [-0.1, -0.05) is 23.2 Å². The molecule has 0 saturated heterocycles. The number of carbonyl (C=O) groups is 2. The highest BCUT2D eigenvalue weighted by atomic mass is 35.5. The molecule has 16 heavy (non-hydrogen) atoms. The molecule has 1 rings (SSSR count). The molecule has 0 spiro atoms. The van der Waals surface area contributed by atoms with Crippen molar-refractivity contribution >= 4 is 46.6 Å². The van der Waals surface area contributed by atoms with Crippen molar-refractivity contribution in [3.8, 4) is 0 Å². The number of alkyl halides is 1. The fraction of sp³-hybridized carbons (Fsp3) is 0.111. The molecule has 0 aliphatic heterocycles. The van der Waals surface area contributed by atoms with Crippen LogP contribution in [0.5, 0.6) is 0 Å². The van der Waals surface area contributed by atoms with E-state index in [0.29, 0.717) is 5.01 Å². The van der Waals surface area contributed by atoms with Crippen molar-refractivity contribution in [2.24, 2.45) is 5.84 Å². The Kier molecular flexibility index (Phi) is 4.56. The number of nitrogens with zero attached hydrogens (tertiary/aromatic N) is 1. The first-order valence-electron chi connectivity index (χ1n) is 4.09. The molecule has 0 fully saturated rings. The summed E-state index contributed by atoms with van der Waals surface area (Å²) < 4.78 is 0. The lowest BCUT2D eigenvalue weighted by molar-refractivity contribution is -0.126. The summed E-state index contributed by atoms with van der Waals surface area (Å²) in [6.45, 7) is 0. The largest absolute Gasteiger partial charge is 0.274 e. The monoisotopic (exact) mass is 280 g/mol. The van der Waals surface area contributed by atoms with E-state index >= 15 is 0 Å². The third-order valence-corrected chi connectivity index (χ3v) is 2.38. The number of nitrogens with two attached hydrogens (primary N) is 1. The van der Waals surface area contributed by atoms with Crippen molar-refractivity contribution < 1.29 is 9.59 Å². The molecule has 4 nitrogen and oxygen atoms in total. The van der Waals surface area contributed by atoms with Gasteiger partial charge in [0, 0.05) is 15.6 Å². The van der Waals surface area contributed by atoms with Gasteiger partial charge in [0.05, 0.1) is 0 Å². The minimum atomic E-state index is -0.713. The number of imide groups is 1. The summed E-state index contributed by atoms with van der Waals surface area (Å²) in [5.74, 6) is 3.47. The zero-order chi connectivity index (χ0) is 12.3. The maximum absolute atomic E-state index is 11.7. The Morgan fingerprint density at radius 3 is 2.12 bits per heavy atom. The molecule has 0 aliphatic rings. The number of rotatable bonds is 2. The predicted molar refractivity (Wildman–Crippen MR) is 62.5 cm³/mol. The average molecular weight is 282 g/mol. The number of hydrogen-bond donors (Lipinski definition) is 1. The smallest absolute Gasteiger partial charge is 0.272 e. The van der Waals surface area contributed by atoms with Gasteiger partial charge in [0.2, 0.25) is 0 Å². The summed E-state index contributed by atoms with van der Waals surface area (Å²) in [5, 5.41) is 0.986. The molecule has 7 heteroatoms. The molecule has 1 aromatic rings. The summed E-state index contributed by atoms with van der Waals surface area (Å²) in [5.41, 5.74) is 0.124. The van der Waals surface area contributed by atoms with E-state index in [1.807, 2.05) is 0 Å². The van der Waals surface area contributed by atoms with Gasteiger partial charge < -0.3 is 0 Å². The lowest BCUT2D eigenvalue weighted by atomic mass is 10.2. The summed E-state index contributed by atoms with van der Waals surface area (Å²) >= 11 is 16.7. The van der Waals surface area contributed by atoms with E-state index in [4.69, 9.17) is 40.6 Å². The van der Waals surface area contributed by atoms with Crippen molar-refractivity contribution in [1.82, 2.24) is 5.01 Å². The Hall–Kier alpha value is -0.810. The Morgan fingerprint density at radius 1 is 1.19 bits per heavy atom.